The molecule has 83 heavy (non-hydrogen) atoms. The Balaban J connectivity index is 5.17. The van der Waals surface area contributed by atoms with Crippen molar-refractivity contribution in [2.45, 2.75) is 342 Å². The fourth-order valence-electron chi connectivity index (χ4n) is 9.58. The van der Waals surface area contributed by atoms with E-state index in [1.54, 1.807) is 0 Å². The van der Waals surface area contributed by atoms with E-state index in [9.17, 15) is 43.2 Å². The van der Waals surface area contributed by atoms with Crippen LogP contribution in [0.3, 0.4) is 0 Å². The molecule has 0 fully saturated rings. The summed E-state index contributed by atoms with van der Waals surface area (Å²) in [5.74, 6) is -1.45. The van der Waals surface area contributed by atoms with E-state index in [1.165, 1.54) is 141 Å². The number of hydrogen-bond acceptors (Lipinski definition) is 15. The van der Waals surface area contributed by atoms with Gasteiger partial charge in [0.1, 0.15) is 19.3 Å². The highest BCUT2D eigenvalue weighted by Crippen LogP contribution is 2.45. The third-order valence-corrected chi connectivity index (χ3v) is 16.7. The molecule has 0 saturated heterocycles. The van der Waals surface area contributed by atoms with Gasteiger partial charge in [-0.15, -0.1) is 0 Å². The molecular formula is C64H124O17P2. The van der Waals surface area contributed by atoms with Gasteiger partial charge in [0.2, 0.25) is 0 Å². The van der Waals surface area contributed by atoms with Crippen LogP contribution in [-0.4, -0.2) is 96.7 Å². The number of esters is 4. The van der Waals surface area contributed by atoms with Gasteiger partial charge in [-0.2, -0.15) is 0 Å². The molecular weight excluding hydrogens is 1100 g/mol. The fraction of sp³-hybridized carbons (Fsp3) is 0.938. The highest BCUT2D eigenvalue weighted by molar-refractivity contribution is 7.47. The summed E-state index contributed by atoms with van der Waals surface area (Å²) in [4.78, 5) is 72.0. The van der Waals surface area contributed by atoms with Gasteiger partial charge < -0.3 is 33.8 Å². The lowest BCUT2D eigenvalue weighted by atomic mass is 10.0. The molecule has 3 N–H and O–H groups in total. The van der Waals surface area contributed by atoms with Crippen LogP contribution in [0.5, 0.6) is 0 Å². The van der Waals surface area contributed by atoms with E-state index in [1.807, 2.05) is 0 Å². The molecule has 0 aromatic heterocycles. The SMILES string of the molecule is CCCCCCCCCCCCCCCCC(=O)OC[C@H](COP(=O)(O)OC[C@@H](O)COP(=O)(O)OC[C@@H](COC(=O)CCCCCCC)OC(=O)CCCCCCCCCC(C)C)OC(=O)CCCCCCCCCCCCCCCC. The van der Waals surface area contributed by atoms with Crippen LogP contribution >= 0.6 is 15.6 Å². The van der Waals surface area contributed by atoms with Crippen molar-refractivity contribution < 1.29 is 80.2 Å². The number of carbonyl (C=O) groups excluding carboxylic acids is 4. The van der Waals surface area contributed by atoms with Crippen molar-refractivity contribution in [3.8, 4) is 0 Å². The van der Waals surface area contributed by atoms with Crippen molar-refractivity contribution in [2.75, 3.05) is 39.6 Å². The molecule has 0 bridgehead atoms. The first-order chi connectivity index (χ1) is 40.0. The Labute approximate surface area is 505 Å². The third-order valence-electron chi connectivity index (χ3n) is 14.8. The summed E-state index contributed by atoms with van der Waals surface area (Å²) in [7, 11) is -9.88. The molecule has 17 nitrogen and oxygen atoms in total. The zero-order chi connectivity index (χ0) is 61.3. The molecule has 0 heterocycles. The molecule has 0 rings (SSSR count). The van der Waals surface area contributed by atoms with Gasteiger partial charge >= 0.3 is 39.5 Å². The zero-order valence-electron chi connectivity index (χ0n) is 53.3. The van der Waals surface area contributed by atoms with Crippen LogP contribution in [0.1, 0.15) is 324 Å². The lowest BCUT2D eigenvalue weighted by Crippen LogP contribution is -2.30. The van der Waals surface area contributed by atoms with Gasteiger partial charge in [-0.05, 0) is 31.6 Å². The molecule has 0 aromatic carbocycles. The van der Waals surface area contributed by atoms with Crippen LogP contribution in [0.15, 0.2) is 0 Å². The average molecular weight is 1230 g/mol. The summed E-state index contributed by atoms with van der Waals surface area (Å²) < 4.78 is 67.8. The van der Waals surface area contributed by atoms with Gasteiger partial charge in [-0.1, -0.05) is 272 Å². The topological polar surface area (TPSA) is 237 Å². The fourth-order valence-corrected chi connectivity index (χ4v) is 11.2. The van der Waals surface area contributed by atoms with Crippen LogP contribution in [-0.2, 0) is 65.4 Å². The van der Waals surface area contributed by atoms with Gasteiger partial charge in [0.05, 0.1) is 26.4 Å². The molecule has 0 radical (unpaired) electrons. The quantitative estimate of drug-likeness (QED) is 0.0222. The number of aliphatic hydroxyl groups is 1. The van der Waals surface area contributed by atoms with E-state index in [0.29, 0.717) is 31.6 Å². The Hall–Kier alpha value is -1.94. The summed E-state index contributed by atoms with van der Waals surface area (Å²) in [5, 5.41) is 10.5. The molecule has 19 heteroatoms. The van der Waals surface area contributed by atoms with Gasteiger partial charge in [0.25, 0.3) is 0 Å². The van der Waals surface area contributed by atoms with E-state index in [-0.39, 0.29) is 25.7 Å². The van der Waals surface area contributed by atoms with Crippen LogP contribution in [0, 0.1) is 5.92 Å². The molecule has 0 aromatic rings. The first kappa shape index (κ1) is 81.1. The minimum atomic E-state index is -4.94. The van der Waals surface area contributed by atoms with E-state index < -0.39 is 97.5 Å². The summed E-state index contributed by atoms with van der Waals surface area (Å²) in [6.45, 7) is 7.05. The number of rotatable bonds is 64. The van der Waals surface area contributed by atoms with Crippen molar-refractivity contribution in [3.63, 3.8) is 0 Å². The van der Waals surface area contributed by atoms with Crippen molar-refractivity contribution >= 4 is 39.5 Å². The normalized spacial score (nSPS) is 14.2. The monoisotopic (exact) mass is 1230 g/mol. The van der Waals surface area contributed by atoms with Gasteiger partial charge in [-0.3, -0.25) is 37.3 Å². The first-order valence-electron chi connectivity index (χ1n) is 33.6. The Morgan fingerprint density at radius 3 is 0.819 bits per heavy atom. The predicted octanol–water partition coefficient (Wildman–Crippen LogP) is 17.8. The van der Waals surface area contributed by atoms with E-state index >= 15 is 0 Å². The molecule has 5 atom stereocenters. The van der Waals surface area contributed by atoms with Crippen LogP contribution in [0.4, 0.5) is 0 Å². The van der Waals surface area contributed by atoms with Gasteiger partial charge in [0.15, 0.2) is 12.2 Å². The molecule has 2 unspecified atom stereocenters. The minimum absolute atomic E-state index is 0.103. The second kappa shape index (κ2) is 57.8. The number of aliphatic hydroxyl groups excluding tert-OH is 1. The molecule has 0 aliphatic rings. The molecule has 0 amide bonds. The standard InChI is InChI=1S/C64H124O17P2/c1-6-9-12-15-17-19-21-23-25-27-29-33-38-43-48-62(67)75-54-60(81-63(68)49-44-39-34-30-28-26-24-22-20-18-16-13-10-7-2)56-79-83(72,73)77-52-58(65)51-76-82(70,71)78-55-59(53-74-61(66)47-42-36-14-11-8-3)80-64(69)50-45-40-35-31-32-37-41-46-57(4)5/h57-60,65H,6-56H2,1-5H3,(H,70,71)(H,72,73)/t58-,59+,60+/m0/s1. The highest BCUT2D eigenvalue weighted by atomic mass is 31.2. The second-order valence-corrected chi connectivity index (χ2v) is 26.5. The summed E-state index contributed by atoms with van der Waals surface area (Å²) in [5.41, 5.74) is 0. The van der Waals surface area contributed by atoms with Crippen molar-refractivity contribution in [3.05, 3.63) is 0 Å². The van der Waals surface area contributed by atoms with Crippen LogP contribution in [0.2, 0.25) is 0 Å². The lowest BCUT2D eigenvalue weighted by Gasteiger charge is -2.21. The Kier molecular flexibility index (Phi) is 56.4. The van der Waals surface area contributed by atoms with Crippen molar-refractivity contribution in [2.24, 2.45) is 5.92 Å². The molecule has 0 aliphatic heterocycles. The smallest absolute Gasteiger partial charge is 0.462 e. The van der Waals surface area contributed by atoms with Gasteiger partial charge in [0, 0.05) is 25.7 Å². The van der Waals surface area contributed by atoms with Crippen molar-refractivity contribution in [1.29, 1.82) is 0 Å². The summed E-state index contributed by atoms with van der Waals surface area (Å²) in [6, 6.07) is 0. The Morgan fingerprint density at radius 1 is 0.325 bits per heavy atom. The maximum atomic E-state index is 13.0. The zero-order valence-corrected chi connectivity index (χ0v) is 55.1. The lowest BCUT2D eigenvalue weighted by molar-refractivity contribution is -0.161. The molecule has 492 valence electrons. The number of unbranched alkanes of at least 4 members (excludes halogenated alkanes) is 36. The molecule has 0 saturated carbocycles. The largest absolute Gasteiger partial charge is 0.472 e. The number of carbonyl (C=O) groups is 4. The third kappa shape index (κ3) is 58.8. The number of phosphoric ester groups is 2. The number of hydrogen-bond donors (Lipinski definition) is 3. The Bertz CT molecular complexity index is 1620. The number of ether oxygens (including phenoxy) is 4. The van der Waals surface area contributed by atoms with Crippen LogP contribution in [0.25, 0.3) is 0 Å². The summed E-state index contributed by atoms with van der Waals surface area (Å²) in [6.07, 6.45) is 42.1. The van der Waals surface area contributed by atoms with Crippen molar-refractivity contribution in [1.82, 2.24) is 0 Å². The predicted molar refractivity (Wildman–Crippen MR) is 331 cm³/mol. The van der Waals surface area contributed by atoms with E-state index in [4.69, 9.17) is 37.0 Å². The number of phosphoric acid groups is 2. The second-order valence-electron chi connectivity index (χ2n) is 23.6. The Morgan fingerprint density at radius 2 is 0.554 bits per heavy atom. The van der Waals surface area contributed by atoms with E-state index in [2.05, 4.69) is 34.6 Å². The molecule has 0 aliphatic carbocycles. The average Bonchev–Trinajstić information content (AvgIpc) is 3.46. The molecule has 0 spiro atoms. The van der Waals surface area contributed by atoms with E-state index in [0.717, 1.165) is 96.3 Å². The highest BCUT2D eigenvalue weighted by Gasteiger charge is 2.30. The first-order valence-corrected chi connectivity index (χ1v) is 36.6. The maximum Gasteiger partial charge on any atom is 0.472 e. The summed E-state index contributed by atoms with van der Waals surface area (Å²) >= 11 is 0. The minimum Gasteiger partial charge on any atom is -0.462 e. The maximum absolute atomic E-state index is 13.0. The van der Waals surface area contributed by atoms with Crippen LogP contribution < -0.4 is 0 Å². The van der Waals surface area contributed by atoms with Gasteiger partial charge in [-0.25, -0.2) is 9.13 Å².